The maximum absolute atomic E-state index is 13.3. The largest absolute Gasteiger partial charge is 0.352 e. The maximum Gasteiger partial charge on any atom is 0.243 e. The summed E-state index contributed by atoms with van der Waals surface area (Å²) in [6, 6.07) is 9.35. The van der Waals surface area contributed by atoms with Gasteiger partial charge in [-0.2, -0.15) is 9.40 Å². The Bertz CT molecular complexity index is 1220. The minimum Gasteiger partial charge on any atom is -0.352 e. The summed E-state index contributed by atoms with van der Waals surface area (Å²) in [5.41, 5.74) is 3.43. The van der Waals surface area contributed by atoms with Crippen LogP contribution < -0.4 is 5.32 Å². The maximum atomic E-state index is 13.3. The number of aryl methyl sites for hydroxylation is 3. The summed E-state index contributed by atoms with van der Waals surface area (Å²) in [6.45, 7) is 6.63. The number of hydrogen-bond donors (Lipinski definition) is 1. The van der Waals surface area contributed by atoms with Gasteiger partial charge in [-0.05, 0) is 56.9 Å². The van der Waals surface area contributed by atoms with E-state index >= 15 is 0 Å². The van der Waals surface area contributed by atoms with Crippen molar-refractivity contribution in [1.29, 1.82) is 0 Å². The van der Waals surface area contributed by atoms with Gasteiger partial charge in [0.15, 0.2) is 5.82 Å². The van der Waals surface area contributed by atoms with Crippen LogP contribution in [0.2, 0.25) is 0 Å². The van der Waals surface area contributed by atoms with Crippen LogP contribution in [0, 0.1) is 26.7 Å². The van der Waals surface area contributed by atoms with Crippen molar-refractivity contribution in [3.05, 3.63) is 71.2 Å². The first kappa shape index (κ1) is 23.1. The van der Waals surface area contributed by atoms with Crippen molar-refractivity contribution < 1.29 is 13.2 Å². The van der Waals surface area contributed by atoms with Crippen LogP contribution in [0.1, 0.15) is 35.1 Å². The number of nitrogens with one attached hydrogen (secondary N) is 1. The fraction of sp³-hybridized carbons (Fsp3) is 0.375. The first-order valence-electron chi connectivity index (χ1n) is 11.1. The van der Waals surface area contributed by atoms with Gasteiger partial charge in [0.25, 0.3) is 0 Å². The van der Waals surface area contributed by atoms with Crippen molar-refractivity contribution >= 4 is 15.9 Å². The summed E-state index contributed by atoms with van der Waals surface area (Å²) in [6.07, 6.45) is 6.16. The van der Waals surface area contributed by atoms with Gasteiger partial charge in [-0.3, -0.25) is 4.79 Å². The molecule has 4 rings (SSSR count). The smallest absolute Gasteiger partial charge is 0.243 e. The topological polar surface area (TPSA) is 97.2 Å². The Kier molecular flexibility index (Phi) is 6.62. The number of sulfonamides is 1. The zero-order valence-electron chi connectivity index (χ0n) is 19.2. The lowest BCUT2D eigenvalue weighted by molar-refractivity contribution is -0.126. The van der Waals surface area contributed by atoms with E-state index in [-0.39, 0.29) is 11.8 Å². The average molecular weight is 468 g/mol. The van der Waals surface area contributed by atoms with E-state index in [1.54, 1.807) is 23.3 Å². The van der Waals surface area contributed by atoms with Crippen molar-refractivity contribution in [1.82, 2.24) is 24.4 Å². The van der Waals surface area contributed by atoms with Gasteiger partial charge in [-0.1, -0.05) is 23.8 Å². The highest BCUT2D eigenvalue weighted by molar-refractivity contribution is 7.89. The van der Waals surface area contributed by atoms with Crippen molar-refractivity contribution in [3.63, 3.8) is 0 Å². The third-order valence-corrected chi connectivity index (χ3v) is 8.27. The molecule has 0 radical (unpaired) electrons. The van der Waals surface area contributed by atoms with Crippen LogP contribution in [0.5, 0.6) is 0 Å². The second-order valence-electron chi connectivity index (χ2n) is 8.56. The van der Waals surface area contributed by atoms with Gasteiger partial charge in [0.05, 0.1) is 4.90 Å². The van der Waals surface area contributed by atoms with E-state index in [4.69, 9.17) is 0 Å². The molecule has 1 saturated heterocycles. The van der Waals surface area contributed by atoms with Gasteiger partial charge in [0.1, 0.15) is 0 Å². The Morgan fingerprint density at radius 2 is 1.79 bits per heavy atom. The van der Waals surface area contributed by atoms with Crippen molar-refractivity contribution in [2.24, 2.45) is 5.92 Å². The predicted molar refractivity (Wildman–Crippen MR) is 125 cm³/mol. The first-order chi connectivity index (χ1) is 15.8. The summed E-state index contributed by atoms with van der Waals surface area (Å²) in [4.78, 5) is 17.6. The molecule has 3 aromatic rings. The summed E-state index contributed by atoms with van der Waals surface area (Å²) in [5.74, 6) is 0.388. The molecule has 0 unspecified atom stereocenters. The molecule has 1 aliphatic heterocycles. The number of benzene rings is 1. The number of hydrogen-bond acceptors (Lipinski definition) is 5. The molecule has 0 aliphatic carbocycles. The molecule has 1 aromatic carbocycles. The van der Waals surface area contributed by atoms with E-state index < -0.39 is 10.0 Å². The van der Waals surface area contributed by atoms with Gasteiger partial charge >= 0.3 is 0 Å². The second-order valence-corrected chi connectivity index (χ2v) is 10.4. The number of aromatic nitrogens is 3. The Morgan fingerprint density at radius 1 is 1.09 bits per heavy atom. The number of nitrogens with zero attached hydrogens (tertiary/aromatic N) is 4. The zero-order chi connectivity index (χ0) is 23.6. The van der Waals surface area contributed by atoms with E-state index in [2.05, 4.69) is 15.4 Å². The molecule has 1 fully saturated rings. The molecule has 33 heavy (non-hydrogen) atoms. The molecular formula is C24H29N5O3S. The standard InChI is InChI=1S/C24H29N5O3S/c1-17-14-18(2)22(19(3)15-17)33(31,32)28-12-7-20(8-13-28)24(30)26-16-21-6-4-9-25-23(21)29-11-5-10-27-29/h4-6,9-11,14-15,20H,7-8,12-13,16H2,1-3H3,(H,26,30). The molecule has 1 amide bonds. The lowest BCUT2D eigenvalue weighted by atomic mass is 9.97. The molecule has 0 atom stereocenters. The highest BCUT2D eigenvalue weighted by atomic mass is 32.2. The lowest BCUT2D eigenvalue weighted by Crippen LogP contribution is -2.43. The monoisotopic (exact) mass is 467 g/mol. The molecule has 8 nitrogen and oxygen atoms in total. The highest BCUT2D eigenvalue weighted by Gasteiger charge is 2.33. The van der Waals surface area contributed by atoms with Crippen LogP contribution in [-0.2, 0) is 21.4 Å². The van der Waals surface area contributed by atoms with Crippen LogP contribution in [0.4, 0.5) is 0 Å². The van der Waals surface area contributed by atoms with E-state index in [9.17, 15) is 13.2 Å². The third-order valence-electron chi connectivity index (χ3n) is 6.07. The summed E-state index contributed by atoms with van der Waals surface area (Å²) < 4.78 is 29.8. The molecule has 0 spiro atoms. The molecule has 1 aliphatic rings. The molecule has 1 N–H and O–H groups in total. The van der Waals surface area contributed by atoms with Crippen molar-refractivity contribution in [2.75, 3.05) is 13.1 Å². The molecule has 0 saturated carbocycles. The number of pyridine rings is 1. The minimum atomic E-state index is -3.59. The molecular weight excluding hydrogens is 438 g/mol. The predicted octanol–water partition coefficient (Wildman–Crippen LogP) is 2.91. The Morgan fingerprint density at radius 3 is 2.42 bits per heavy atom. The summed E-state index contributed by atoms with van der Waals surface area (Å²) >= 11 is 0. The molecule has 9 heteroatoms. The van der Waals surface area contributed by atoms with E-state index in [1.807, 2.05) is 51.1 Å². The third kappa shape index (κ3) is 4.84. The Balaban J connectivity index is 1.38. The Labute approximate surface area is 194 Å². The average Bonchev–Trinajstić information content (AvgIpc) is 3.31. The first-order valence-corrected chi connectivity index (χ1v) is 12.5. The van der Waals surface area contributed by atoms with Crippen LogP contribution in [0.25, 0.3) is 5.82 Å². The van der Waals surface area contributed by atoms with Crippen molar-refractivity contribution in [3.8, 4) is 5.82 Å². The molecule has 174 valence electrons. The van der Waals surface area contributed by atoms with Crippen LogP contribution in [-0.4, -0.2) is 46.5 Å². The lowest BCUT2D eigenvalue weighted by Gasteiger charge is -2.31. The number of carbonyl (C=O) groups is 1. The van der Waals surface area contributed by atoms with Gasteiger partial charge in [0.2, 0.25) is 15.9 Å². The highest BCUT2D eigenvalue weighted by Crippen LogP contribution is 2.29. The van der Waals surface area contributed by atoms with Crippen molar-refractivity contribution in [2.45, 2.75) is 45.1 Å². The van der Waals surface area contributed by atoms with Gasteiger partial charge in [0, 0.05) is 49.7 Å². The molecule has 3 heterocycles. The van der Waals surface area contributed by atoms with Crippen LogP contribution in [0.15, 0.2) is 53.8 Å². The zero-order valence-corrected chi connectivity index (χ0v) is 20.0. The molecule has 2 aromatic heterocycles. The van der Waals surface area contributed by atoms with Crippen LogP contribution in [0.3, 0.4) is 0 Å². The van der Waals surface area contributed by atoms with E-state index in [0.29, 0.717) is 43.2 Å². The fourth-order valence-corrected chi connectivity index (χ4v) is 6.44. The van der Waals surface area contributed by atoms with E-state index in [1.165, 1.54) is 4.31 Å². The summed E-state index contributed by atoms with van der Waals surface area (Å²) in [7, 11) is -3.59. The quantitative estimate of drug-likeness (QED) is 0.601. The van der Waals surface area contributed by atoms with E-state index in [0.717, 1.165) is 22.3 Å². The number of carbonyl (C=O) groups excluding carboxylic acids is 1. The second kappa shape index (κ2) is 9.44. The minimum absolute atomic E-state index is 0.0648. The number of amides is 1. The fourth-order valence-electron chi connectivity index (χ4n) is 4.56. The number of piperidine rings is 1. The SMILES string of the molecule is Cc1cc(C)c(S(=O)(=O)N2CCC(C(=O)NCc3cccnc3-n3cccn3)CC2)c(C)c1. The van der Waals surface area contributed by atoms with Crippen LogP contribution >= 0.6 is 0 Å². The van der Waals surface area contributed by atoms with Gasteiger partial charge in [-0.25, -0.2) is 18.1 Å². The van der Waals surface area contributed by atoms with Gasteiger partial charge in [-0.15, -0.1) is 0 Å². The Hall–Kier alpha value is -3.04. The normalized spacial score (nSPS) is 15.5. The molecule has 0 bridgehead atoms. The number of rotatable bonds is 6. The van der Waals surface area contributed by atoms with Gasteiger partial charge < -0.3 is 5.32 Å². The summed E-state index contributed by atoms with van der Waals surface area (Å²) in [5, 5.41) is 7.21.